The van der Waals surface area contributed by atoms with Gasteiger partial charge in [0.15, 0.2) is 11.5 Å². The van der Waals surface area contributed by atoms with Crippen LogP contribution in [0.1, 0.15) is 48.2 Å². The molecule has 204 valence electrons. The Morgan fingerprint density at radius 1 is 1.15 bits per heavy atom. The molecule has 9 nitrogen and oxygen atoms in total. The normalized spacial score (nSPS) is 16.2. The van der Waals surface area contributed by atoms with E-state index in [1.54, 1.807) is 48.7 Å². The summed E-state index contributed by atoms with van der Waals surface area (Å²) < 4.78 is 42.1. The molecule has 2 atom stereocenters. The van der Waals surface area contributed by atoms with E-state index in [4.69, 9.17) is 30.5 Å². The zero-order valence-corrected chi connectivity index (χ0v) is 22.5. The van der Waals surface area contributed by atoms with E-state index in [0.29, 0.717) is 47.1 Å². The topological polar surface area (TPSA) is 89.6 Å². The number of esters is 1. The number of halogens is 2. The van der Waals surface area contributed by atoms with E-state index in [-0.39, 0.29) is 24.0 Å². The molecule has 39 heavy (non-hydrogen) atoms. The largest absolute Gasteiger partial charge is 0.493 e. The SMILES string of the molecule is CCOC(=O)Cc1ncnn1CC[C@H]1O[C@H](c2cccc(OC)c2OC)c2cc(Cl)cc(F)c2-n2cccc21. The van der Waals surface area contributed by atoms with Gasteiger partial charge in [-0.25, -0.2) is 14.1 Å². The summed E-state index contributed by atoms with van der Waals surface area (Å²) in [5, 5.41) is 4.54. The summed E-state index contributed by atoms with van der Waals surface area (Å²) in [6.07, 6.45) is 2.43. The van der Waals surface area contributed by atoms with Gasteiger partial charge in [0.1, 0.15) is 36.6 Å². The molecule has 0 fully saturated rings. The highest BCUT2D eigenvalue weighted by Gasteiger charge is 2.34. The number of aryl methyl sites for hydroxylation is 1. The van der Waals surface area contributed by atoms with Crippen LogP contribution in [-0.4, -0.2) is 46.1 Å². The van der Waals surface area contributed by atoms with Crippen molar-refractivity contribution in [3.8, 4) is 17.2 Å². The summed E-state index contributed by atoms with van der Waals surface area (Å²) in [6.45, 7) is 2.44. The number of ether oxygens (including phenoxy) is 4. The molecule has 0 saturated carbocycles. The first-order valence-electron chi connectivity index (χ1n) is 12.5. The number of carbonyl (C=O) groups is 1. The van der Waals surface area contributed by atoms with Crippen LogP contribution in [0.15, 0.2) is 55.0 Å². The first-order valence-corrected chi connectivity index (χ1v) is 12.9. The Morgan fingerprint density at radius 2 is 2.00 bits per heavy atom. The minimum absolute atomic E-state index is 0.00846. The minimum atomic E-state index is -0.738. The molecule has 0 saturated heterocycles. The molecule has 0 bridgehead atoms. The summed E-state index contributed by atoms with van der Waals surface area (Å²) >= 11 is 6.35. The third-order valence-corrected chi connectivity index (χ3v) is 6.83. The lowest BCUT2D eigenvalue weighted by Gasteiger charge is -2.25. The number of carbonyl (C=O) groups excluding carboxylic acids is 1. The van der Waals surface area contributed by atoms with Crippen molar-refractivity contribution in [1.82, 2.24) is 19.3 Å². The molecule has 4 aromatic rings. The second-order valence-corrected chi connectivity index (χ2v) is 9.32. The molecule has 0 aliphatic carbocycles. The molecular formula is C28H28ClFN4O5. The maximum atomic E-state index is 15.6. The summed E-state index contributed by atoms with van der Waals surface area (Å²) in [7, 11) is 3.11. The van der Waals surface area contributed by atoms with Gasteiger partial charge in [-0.2, -0.15) is 5.10 Å². The number of benzene rings is 2. The molecule has 0 spiro atoms. The van der Waals surface area contributed by atoms with Crippen LogP contribution >= 0.6 is 11.6 Å². The molecule has 1 aliphatic rings. The van der Waals surface area contributed by atoms with Crippen LogP contribution < -0.4 is 9.47 Å². The summed E-state index contributed by atoms with van der Waals surface area (Å²) in [5.74, 6) is 0.645. The second kappa shape index (κ2) is 11.5. The van der Waals surface area contributed by atoms with Crippen LogP contribution in [0.4, 0.5) is 4.39 Å². The van der Waals surface area contributed by atoms with Crippen LogP contribution in [0.3, 0.4) is 0 Å². The fraction of sp³-hybridized carbons (Fsp3) is 0.321. The quantitative estimate of drug-likeness (QED) is 0.262. The Hall–Kier alpha value is -3.89. The first kappa shape index (κ1) is 26.7. The van der Waals surface area contributed by atoms with Crippen LogP contribution in [-0.2, 0) is 27.2 Å². The minimum Gasteiger partial charge on any atom is -0.493 e. The van der Waals surface area contributed by atoms with Crippen molar-refractivity contribution >= 4 is 17.6 Å². The molecule has 0 N–H and O–H groups in total. The summed E-state index contributed by atoms with van der Waals surface area (Å²) in [4.78, 5) is 16.3. The molecule has 1 aliphatic heterocycles. The molecule has 2 aromatic heterocycles. The number of fused-ring (bicyclic) bond motifs is 3. The highest BCUT2D eigenvalue weighted by molar-refractivity contribution is 6.30. The molecule has 5 rings (SSSR count). The predicted octanol–water partition coefficient (Wildman–Crippen LogP) is 5.24. The van der Waals surface area contributed by atoms with E-state index in [2.05, 4.69) is 10.1 Å². The van der Waals surface area contributed by atoms with Gasteiger partial charge >= 0.3 is 5.97 Å². The van der Waals surface area contributed by atoms with Gasteiger partial charge in [0.05, 0.1) is 32.2 Å². The number of nitrogens with zero attached hydrogens (tertiary/aromatic N) is 4. The van der Waals surface area contributed by atoms with Gasteiger partial charge in [0, 0.05) is 28.9 Å². The van der Waals surface area contributed by atoms with E-state index in [0.717, 1.165) is 5.69 Å². The number of hydrogen-bond donors (Lipinski definition) is 0. The lowest BCUT2D eigenvalue weighted by atomic mass is 9.98. The third kappa shape index (κ3) is 5.22. The van der Waals surface area contributed by atoms with Crippen molar-refractivity contribution in [1.29, 1.82) is 0 Å². The number of para-hydroxylation sites is 1. The fourth-order valence-corrected chi connectivity index (χ4v) is 5.19. The van der Waals surface area contributed by atoms with Crippen LogP contribution in [0, 0.1) is 5.82 Å². The molecule has 0 amide bonds. The molecule has 11 heteroatoms. The Morgan fingerprint density at radius 3 is 2.77 bits per heavy atom. The first-order chi connectivity index (χ1) is 18.9. The number of methoxy groups -OCH3 is 2. The van der Waals surface area contributed by atoms with Crippen molar-refractivity contribution in [2.45, 2.75) is 38.5 Å². The average Bonchev–Trinajstić information content (AvgIpc) is 3.55. The highest BCUT2D eigenvalue weighted by atomic mass is 35.5. The fourth-order valence-electron chi connectivity index (χ4n) is 4.97. The molecule has 3 heterocycles. The molecular weight excluding hydrogens is 527 g/mol. The van der Waals surface area contributed by atoms with Gasteiger partial charge in [0.25, 0.3) is 0 Å². The lowest BCUT2D eigenvalue weighted by Crippen LogP contribution is -2.17. The van der Waals surface area contributed by atoms with Crippen molar-refractivity contribution in [2.24, 2.45) is 0 Å². The predicted molar refractivity (Wildman–Crippen MR) is 141 cm³/mol. The molecule has 0 unspecified atom stereocenters. The Labute approximate surface area is 230 Å². The second-order valence-electron chi connectivity index (χ2n) is 8.89. The van der Waals surface area contributed by atoms with E-state index in [1.807, 2.05) is 24.3 Å². The van der Waals surface area contributed by atoms with E-state index in [9.17, 15) is 4.79 Å². The summed E-state index contributed by atoms with van der Waals surface area (Å²) in [6, 6.07) is 12.2. The smallest absolute Gasteiger partial charge is 0.313 e. The van der Waals surface area contributed by atoms with Crippen molar-refractivity contribution in [2.75, 3.05) is 20.8 Å². The highest BCUT2D eigenvalue weighted by Crippen LogP contribution is 2.47. The molecule has 0 radical (unpaired) electrons. The van der Waals surface area contributed by atoms with Crippen LogP contribution in [0.5, 0.6) is 11.5 Å². The van der Waals surface area contributed by atoms with Gasteiger partial charge in [0.2, 0.25) is 0 Å². The average molecular weight is 555 g/mol. The zero-order valence-electron chi connectivity index (χ0n) is 21.8. The molecule has 2 aromatic carbocycles. The maximum Gasteiger partial charge on any atom is 0.313 e. The van der Waals surface area contributed by atoms with Crippen molar-refractivity contribution in [3.05, 3.63) is 88.5 Å². The summed E-state index contributed by atoms with van der Waals surface area (Å²) in [5.41, 5.74) is 2.32. The van der Waals surface area contributed by atoms with Gasteiger partial charge in [-0.05, 0) is 43.7 Å². The number of aromatic nitrogens is 4. The van der Waals surface area contributed by atoms with Crippen molar-refractivity contribution in [3.63, 3.8) is 0 Å². The monoisotopic (exact) mass is 554 g/mol. The van der Waals surface area contributed by atoms with Gasteiger partial charge in [-0.1, -0.05) is 23.7 Å². The van der Waals surface area contributed by atoms with E-state index >= 15 is 4.39 Å². The Kier molecular flexibility index (Phi) is 7.85. The van der Waals surface area contributed by atoms with Crippen LogP contribution in [0.2, 0.25) is 5.02 Å². The van der Waals surface area contributed by atoms with Gasteiger partial charge < -0.3 is 23.5 Å². The van der Waals surface area contributed by atoms with E-state index in [1.165, 1.54) is 12.4 Å². The van der Waals surface area contributed by atoms with Gasteiger partial charge in [-0.3, -0.25) is 4.79 Å². The van der Waals surface area contributed by atoms with E-state index < -0.39 is 18.0 Å². The Balaban J connectivity index is 1.56. The standard InChI is InChI=1S/C28H28ClFN4O5/c1-4-38-25(35)15-24-31-16-32-34(24)12-10-22-21-8-6-11-33(21)26-19(13-17(29)14-20(26)30)27(39-22)18-7-5-9-23(36-2)28(18)37-3/h5-9,11,13-14,16,22,27H,4,10,12,15H2,1-3H3/t22-,27-/m1/s1. The number of hydrogen-bond acceptors (Lipinski definition) is 7. The Bertz CT molecular complexity index is 1490. The number of rotatable bonds is 9. The van der Waals surface area contributed by atoms with Crippen LogP contribution in [0.25, 0.3) is 5.69 Å². The zero-order chi connectivity index (χ0) is 27.5. The maximum absolute atomic E-state index is 15.6. The van der Waals surface area contributed by atoms with Crippen molar-refractivity contribution < 1.29 is 28.1 Å². The third-order valence-electron chi connectivity index (χ3n) is 6.61. The van der Waals surface area contributed by atoms with Gasteiger partial charge in [-0.15, -0.1) is 0 Å². The lowest BCUT2D eigenvalue weighted by molar-refractivity contribution is -0.142.